The average Bonchev–Trinajstić information content (AvgIpc) is 2.60. The van der Waals surface area contributed by atoms with E-state index in [-0.39, 0.29) is 12.1 Å². The van der Waals surface area contributed by atoms with Crippen molar-refractivity contribution in [3.63, 3.8) is 0 Å². The van der Waals surface area contributed by atoms with E-state index in [2.05, 4.69) is 4.90 Å². The van der Waals surface area contributed by atoms with Gasteiger partial charge in [-0.25, -0.2) is 18.4 Å². The van der Waals surface area contributed by atoms with Gasteiger partial charge in [-0.1, -0.05) is 0 Å². The lowest BCUT2D eigenvalue weighted by atomic mass is 10.1. The summed E-state index contributed by atoms with van der Waals surface area (Å²) in [5.41, 5.74) is -0.492. The van der Waals surface area contributed by atoms with Crippen LogP contribution >= 0.6 is 0 Å². The zero-order valence-corrected chi connectivity index (χ0v) is 13.0. The van der Waals surface area contributed by atoms with Gasteiger partial charge in [-0.3, -0.25) is 4.90 Å². The average molecular weight is 305 g/mol. The molecule has 0 radical (unpaired) electrons. The van der Waals surface area contributed by atoms with Crippen molar-refractivity contribution in [1.82, 2.24) is 9.80 Å². The summed E-state index contributed by atoms with van der Waals surface area (Å²) < 4.78 is 27.9. The Labute approximate surface area is 120 Å². The van der Waals surface area contributed by atoms with E-state index in [1.54, 1.807) is 4.90 Å². The van der Waals surface area contributed by atoms with E-state index in [1.807, 2.05) is 20.8 Å². The predicted molar refractivity (Wildman–Crippen MR) is 74.7 cm³/mol. The summed E-state index contributed by atoms with van der Waals surface area (Å²) in [6, 6.07) is 0.217. The maximum atomic E-state index is 11.8. The molecule has 2 N–H and O–H groups in total. The molecule has 0 aromatic rings. The number of hydrogen-bond donors (Lipinski definition) is 1. The van der Waals surface area contributed by atoms with Gasteiger partial charge in [0.25, 0.3) is 0 Å². The lowest BCUT2D eigenvalue weighted by Gasteiger charge is -2.44. The Morgan fingerprint density at radius 1 is 1.25 bits per heavy atom. The highest BCUT2D eigenvalue weighted by molar-refractivity contribution is 7.89. The van der Waals surface area contributed by atoms with Crippen LogP contribution in [0, 0.1) is 0 Å². The summed E-state index contributed by atoms with van der Waals surface area (Å²) in [5.74, 6) is 0. The van der Waals surface area contributed by atoms with Crippen LogP contribution in [0.5, 0.6) is 0 Å². The molecule has 0 aromatic heterocycles. The topological polar surface area (TPSA) is 92.9 Å². The van der Waals surface area contributed by atoms with Crippen molar-refractivity contribution in [2.24, 2.45) is 5.14 Å². The van der Waals surface area contributed by atoms with Crippen molar-refractivity contribution in [1.29, 1.82) is 0 Å². The molecule has 116 valence electrons. The van der Waals surface area contributed by atoms with Crippen molar-refractivity contribution in [2.75, 3.05) is 26.2 Å². The zero-order valence-electron chi connectivity index (χ0n) is 12.2. The number of hydrogen-bond acceptors (Lipinski definition) is 5. The number of ether oxygens (including phenoxy) is 1. The largest absolute Gasteiger partial charge is 0.444 e. The number of likely N-dealkylation sites (tertiary alicyclic amines) is 2. The molecule has 2 aliphatic heterocycles. The molecule has 8 heteroatoms. The van der Waals surface area contributed by atoms with E-state index in [0.717, 1.165) is 0 Å². The Hall–Kier alpha value is -0.860. The van der Waals surface area contributed by atoms with Crippen molar-refractivity contribution < 1.29 is 17.9 Å². The highest BCUT2D eigenvalue weighted by atomic mass is 32.2. The maximum Gasteiger partial charge on any atom is 0.410 e. The monoisotopic (exact) mass is 305 g/mol. The Kier molecular flexibility index (Phi) is 4.01. The summed E-state index contributed by atoms with van der Waals surface area (Å²) in [6.07, 6.45) is 0.262. The van der Waals surface area contributed by atoms with Crippen molar-refractivity contribution in [2.45, 2.75) is 44.1 Å². The number of nitrogens with zero attached hydrogens (tertiary/aromatic N) is 2. The molecule has 2 heterocycles. The Balaban J connectivity index is 1.79. The van der Waals surface area contributed by atoms with E-state index < -0.39 is 20.9 Å². The first kappa shape index (κ1) is 15.5. The summed E-state index contributed by atoms with van der Waals surface area (Å²) in [4.78, 5) is 15.5. The highest BCUT2D eigenvalue weighted by Gasteiger charge is 2.41. The van der Waals surface area contributed by atoms with Crippen LogP contribution in [0.3, 0.4) is 0 Å². The quantitative estimate of drug-likeness (QED) is 0.773. The van der Waals surface area contributed by atoms with E-state index >= 15 is 0 Å². The Morgan fingerprint density at radius 2 is 1.85 bits per heavy atom. The van der Waals surface area contributed by atoms with Gasteiger partial charge >= 0.3 is 6.09 Å². The first-order valence-electron chi connectivity index (χ1n) is 6.80. The van der Waals surface area contributed by atoms with Crippen molar-refractivity contribution in [3.05, 3.63) is 0 Å². The third-order valence-corrected chi connectivity index (χ3v) is 4.99. The van der Waals surface area contributed by atoms with Crippen LogP contribution in [0.4, 0.5) is 4.79 Å². The smallest absolute Gasteiger partial charge is 0.410 e. The van der Waals surface area contributed by atoms with Crippen LogP contribution in [-0.4, -0.2) is 67.4 Å². The molecule has 0 aromatic carbocycles. The number of amides is 1. The van der Waals surface area contributed by atoms with Gasteiger partial charge in [-0.15, -0.1) is 0 Å². The molecule has 7 nitrogen and oxygen atoms in total. The Bertz CT molecular complexity index is 479. The first-order valence-corrected chi connectivity index (χ1v) is 8.41. The van der Waals surface area contributed by atoms with Gasteiger partial charge in [0.05, 0.1) is 5.25 Å². The minimum Gasteiger partial charge on any atom is -0.444 e. The molecule has 2 saturated heterocycles. The summed E-state index contributed by atoms with van der Waals surface area (Å²) in [6.45, 7) is 7.86. The van der Waals surface area contributed by atoms with Gasteiger partial charge in [-0.05, 0) is 33.7 Å². The molecule has 0 spiro atoms. The number of sulfonamides is 1. The molecule has 1 unspecified atom stereocenters. The molecule has 0 aliphatic carbocycles. The summed E-state index contributed by atoms with van der Waals surface area (Å²) >= 11 is 0. The molecule has 0 bridgehead atoms. The first-order chi connectivity index (χ1) is 9.06. The van der Waals surface area contributed by atoms with Gasteiger partial charge in [0.15, 0.2) is 0 Å². The fourth-order valence-corrected chi connectivity index (χ4v) is 3.35. The van der Waals surface area contributed by atoms with Crippen LogP contribution in [0.25, 0.3) is 0 Å². The molecule has 2 fully saturated rings. The number of nitrogens with two attached hydrogens (primary N) is 1. The zero-order chi connectivity index (χ0) is 15.1. The SMILES string of the molecule is CC(C)(C)OC(=O)N1CC(N2CCC(S(N)(=O)=O)C2)C1. The third kappa shape index (κ3) is 3.62. The van der Waals surface area contributed by atoms with E-state index in [9.17, 15) is 13.2 Å². The second kappa shape index (κ2) is 5.16. The third-order valence-electron chi connectivity index (χ3n) is 3.67. The lowest BCUT2D eigenvalue weighted by molar-refractivity contribution is -0.0112. The molecule has 0 saturated carbocycles. The van der Waals surface area contributed by atoms with Crippen LogP contribution in [0.1, 0.15) is 27.2 Å². The fraction of sp³-hybridized carbons (Fsp3) is 0.917. The van der Waals surface area contributed by atoms with Gasteiger partial charge in [-0.2, -0.15) is 0 Å². The summed E-state index contributed by atoms with van der Waals surface area (Å²) in [7, 11) is -3.45. The standard InChI is InChI=1S/C12H23N3O4S/c1-12(2,3)19-11(16)15-6-9(7-15)14-5-4-10(8-14)20(13,17)18/h9-10H,4-8H2,1-3H3,(H2,13,17,18). The fourth-order valence-electron chi connectivity index (χ4n) is 2.52. The normalized spacial score (nSPS) is 25.6. The van der Waals surface area contributed by atoms with Crippen LogP contribution in [0.2, 0.25) is 0 Å². The Morgan fingerprint density at radius 3 is 2.30 bits per heavy atom. The van der Waals surface area contributed by atoms with Crippen molar-refractivity contribution >= 4 is 16.1 Å². The van der Waals surface area contributed by atoms with Gasteiger partial charge in [0, 0.05) is 25.7 Å². The van der Waals surface area contributed by atoms with E-state index in [4.69, 9.17) is 9.88 Å². The van der Waals surface area contributed by atoms with Crippen LogP contribution in [-0.2, 0) is 14.8 Å². The van der Waals surface area contributed by atoms with Gasteiger partial charge < -0.3 is 9.64 Å². The number of primary sulfonamides is 1. The van der Waals surface area contributed by atoms with Crippen LogP contribution in [0.15, 0.2) is 0 Å². The molecule has 20 heavy (non-hydrogen) atoms. The number of carbonyl (C=O) groups excluding carboxylic acids is 1. The molecule has 1 amide bonds. The maximum absolute atomic E-state index is 11.8. The van der Waals surface area contributed by atoms with E-state index in [1.165, 1.54) is 0 Å². The molecular weight excluding hydrogens is 282 g/mol. The minimum absolute atomic E-state index is 0.217. The second-order valence-corrected chi connectivity index (χ2v) is 8.38. The van der Waals surface area contributed by atoms with Gasteiger partial charge in [0.1, 0.15) is 5.60 Å². The second-order valence-electron chi connectivity index (χ2n) is 6.53. The molecule has 2 aliphatic rings. The number of rotatable bonds is 2. The predicted octanol–water partition coefficient (Wildman–Crippen LogP) is -0.0315. The van der Waals surface area contributed by atoms with Crippen molar-refractivity contribution in [3.8, 4) is 0 Å². The highest BCUT2D eigenvalue weighted by Crippen LogP contribution is 2.24. The molecular formula is C12H23N3O4S. The van der Waals surface area contributed by atoms with Gasteiger partial charge in [0.2, 0.25) is 10.0 Å². The van der Waals surface area contributed by atoms with Crippen LogP contribution < -0.4 is 5.14 Å². The minimum atomic E-state index is -3.45. The van der Waals surface area contributed by atoms with E-state index in [0.29, 0.717) is 32.6 Å². The summed E-state index contributed by atoms with van der Waals surface area (Å²) in [5, 5.41) is 4.69. The molecule has 1 atom stereocenters. The molecule has 2 rings (SSSR count). The number of carbonyl (C=O) groups is 1. The lowest BCUT2D eigenvalue weighted by Crippen LogP contribution is -2.61.